The monoisotopic (exact) mass is 319 g/mol. The molecular weight excluding hydrogens is 298 g/mol. The Kier molecular flexibility index (Phi) is 5.02. The van der Waals surface area contributed by atoms with Gasteiger partial charge in [0.25, 0.3) is 5.91 Å². The molecule has 2 N–H and O–H groups in total. The number of nitrogens with one attached hydrogen (secondary N) is 1. The van der Waals surface area contributed by atoms with Crippen LogP contribution < -0.4 is 5.32 Å². The van der Waals surface area contributed by atoms with Crippen molar-refractivity contribution < 1.29 is 9.90 Å². The largest absolute Gasteiger partial charge is 0.396 e. The zero-order chi connectivity index (χ0) is 15.4. The minimum Gasteiger partial charge on any atom is -0.396 e. The minimum absolute atomic E-state index is 0.0504. The first-order valence-corrected chi connectivity index (χ1v) is 8.59. The highest BCUT2D eigenvalue weighted by molar-refractivity contribution is 7.16. The molecule has 1 fully saturated rings. The van der Waals surface area contributed by atoms with Crippen LogP contribution in [0.4, 0.5) is 0 Å². The Hall–Kier alpha value is -1.50. The number of aromatic nitrogens is 1. The molecule has 5 nitrogen and oxygen atoms in total. The number of fused-ring (bicyclic) bond motifs is 1. The van der Waals surface area contributed by atoms with Gasteiger partial charge < -0.3 is 15.3 Å². The number of aliphatic hydroxyl groups is 1. The van der Waals surface area contributed by atoms with Crippen LogP contribution in [0, 0.1) is 5.92 Å². The van der Waals surface area contributed by atoms with Gasteiger partial charge in [0.2, 0.25) is 0 Å². The van der Waals surface area contributed by atoms with Crippen LogP contribution in [-0.4, -0.2) is 53.7 Å². The molecule has 0 bridgehead atoms. The predicted molar refractivity (Wildman–Crippen MR) is 88.2 cm³/mol. The molecule has 1 saturated heterocycles. The number of carbonyl (C=O) groups is 1. The first kappa shape index (κ1) is 15.4. The number of hydrogen-bond acceptors (Lipinski definition) is 5. The van der Waals surface area contributed by atoms with Crippen LogP contribution in [0.5, 0.6) is 0 Å². The molecule has 0 spiro atoms. The average Bonchev–Trinajstić information content (AvgIpc) is 3.02. The third-order valence-corrected chi connectivity index (χ3v) is 4.98. The Labute approximate surface area is 134 Å². The van der Waals surface area contributed by atoms with Gasteiger partial charge in [-0.1, -0.05) is 0 Å². The number of likely N-dealkylation sites (tertiary alicyclic amines) is 1. The molecule has 1 aromatic heterocycles. The van der Waals surface area contributed by atoms with Crippen LogP contribution in [0.15, 0.2) is 23.7 Å². The van der Waals surface area contributed by atoms with Crippen molar-refractivity contribution in [1.29, 1.82) is 0 Å². The molecular formula is C16H21N3O2S. The molecule has 0 unspecified atom stereocenters. The molecule has 0 aliphatic carbocycles. The van der Waals surface area contributed by atoms with E-state index in [4.69, 9.17) is 0 Å². The first-order valence-electron chi connectivity index (χ1n) is 7.71. The van der Waals surface area contributed by atoms with E-state index >= 15 is 0 Å². The summed E-state index contributed by atoms with van der Waals surface area (Å²) in [5.41, 5.74) is 3.32. The second-order valence-corrected chi connectivity index (χ2v) is 6.67. The summed E-state index contributed by atoms with van der Waals surface area (Å²) in [6.07, 6.45) is 2.23. The van der Waals surface area contributed by atoms with E-state index in [9.17, 15) is 9.90 Å². The summed E-state index contributed by atoms with van der Waals surface area (Å²) in [6.45, 7) is 3.71. The zero-order valence-corrected chi connectivity index (χ0v) is 13.3. The van der Waals surface area contributed by atoms with Crippen LogP contribution in [0.2, 0.25) is 0 Å². The number of benzene rings is 1. The molecule has 2 aromatic rings. The number of nitrogens with zero attached hydrogens (tertiary/aromatic N) is 2. The number of amides is 1. The lowest BCUT2D eigenvalue weighted by Gasteiger charge is -2.31. The minimum atomic E-state index is -0.0504. The fourth-order valence-corrected chi connectivity index (χ4v) is 3.59. The van der Waals surface area contributed by atoms with Gasteiger partial charge >= 0.3 is 0 Å². The van der Waals surface area contributed by atoms with Crippen LogP contribution in [-0.2, 0) is 0 Å². The first-order chi connectivity index (χ1) is 10.8. The number of aliphatic hydroxyl groups excluding tert-OH is 1. The Morgan fingerprint density at radius 3 is 3.27 bits per heavy atom. The highest BCUT2D eigenvalue weighted by Gasteiger charge is 2.18. The van der Waals surface area contributed by atoms with Crippen LogP contribution in [0.25, 0.3) is 10.2 Å². The molecule has 1 atom stereocenters. The zero-order valence-electron chi connectivity index (χ0n) is 12.5. The number of carbonyl (C=O) groups excluding carboxylic acids is 1. The topological polar surface area (TPSA) is 65.5 Å². The lowest BCUT2D eigenvalue weighted by atomic mass is 9.99. The third kappa shape index (κ3) is 3.63. The lowest BCUT2D eigenvalue weighted by Crippen LogP contribution is -2.41. The normalized spacial score (nSPS) is 19.4. The summed E-state index contributed by atoms with van der Waals surface area (Å²) in [5, 5.41) is 12.2. The standard InChI is InChI=1S/C16H21N3O2S/c20-10-12-2-1-6-19(9-12)7-5-17-16(21)13-3-4-15-14(8-13)18-11-22-15/h3-4,8,11-12,20H,1-2,5-7,9-10H2,(H,17,21)/t12-/m1/s1. The van der Waals surface area contributed by atoms with Gasteiger partial charge in [0.15, 0.2) is 0 Å². The van der Waals surface area contributed by atoms with Gasteiger partial charge in [-0.2, -0.15) is 0 Å². The Balaban J connectivity index is 1.49. The van der Waals surface area contributed by atoms with Crippen LogP contribution in [0.1, 0.15) is 23.2 Å². The van der Waals surface area contributed by atoms with Crippen molar-refractivity contribution in [3.8, 4) is 0 Å². The smallest absolute Gasteiger partial charge is 0.251 e. The molecule has 1 aliphatic heterocycles. The van der Waals surface area contributed by atoms with Gasteiger partial charge in [-0.05, 0) is 43.5 Å². The molecule has 3 rings (SSSR count). The number of hydrogen-bond donors (Lipinski definition) is 2. The van der Waals surface area contributed by atoms with Crippen molar-refractivity contribution >= 4 is 27.5 Å². The van der Waals surface area contributed by atoms with E-state index in [1.54, 1.807) is 16.8 Å². The maximum absolute atomic E-state index is 12.2. The van der Waals surface area contributed by atoms with Crippen LogP contribution in [0.3, 0.4) is 0 Å². The summed E-state index contributed by atoms with van der Waals surface area (Å²) in [5.74, 6) is 0.335. The van der Waals surface area contributed by atoms with Gasteiger partial charge in [-0.25, -0.2) is 4.98 Å². The average molecular weight is 319 g/mol. The summed E-state index contributed by atoms with van der Waals surface area (Å²) in [4.78, 5) is 18.7. The van der Waals surface area contributed by atoms with E-state index < -0.39 is 0 Å². The van der Waals surface area contributed by atoms with Gasteiger partial charge in [-0.15, -0.1) is 11.3 Å². The van der Waals surface area contributed by atoms with Gasteiger partial charge in [-0.3, -0.25) is 4.79 Å². The van der Waals surface area contributed by atoms with E-state index in [0.717, 1.165) is 42.7 Å². The maximum Gasteiger partial charge on any atom is 0.251 e. The number of thiazole rings is 1. The fourth-order valence-electron chi connectivity index (χ4n) is 2.93. The third-order valence-electron chi connectivity index (χ3n) is 4.17. The Morgan fingerprint density at radius 2 is 2.41 bits per heavy atom. The molecule has 6 heteroatoms. The van der Waals surface area contributed by atoms with Gasteiger partial charge in [0.1, 0.15) is 0 Å². The SMILES string of the molecule is O=C(NCCN1CCC[C@@H](CO)C1)c1ccc2scnc2c1. The van der Waals surface area contributed by atoms with E-state index in [2.05, 4.69) is 15.2 Å². The summed E-state index contributed by atoms with van der Waals surface area (Å²) >= 11 is 1.58. The van der Waals surface area contributed by atoms with Crippen molar-refractivity contribution in [2.24, 2.45) is 5.92 Å². The van der Waals surface area contributed by atoms with Gasteiger partial charge in [0.05, 0.1) is 15.7 Å². The summed E-state index contributed by atoms with van der Waals surface area (Å²) in [6, 6.07) is 5.63. The second-order valence-electron chi connectivity index (χ2n) is 5.78. The molecule has 2 heterocycles. The predicted octanol–water partition coefficient (Wildman–Crippen LogP) is 1.73. The second kappa shape index (κ2) is 7.17. The quantitative estimate of drug-likeness (QED) is 0.881. The molecule has 118 valence electrons. The fraction of sp³-hybridized carbons (Fsp3) is 0.500. The molecule has 0 saturated carbocycles. The number of rotatable bonds is 5. The molecule has 22 heavy (non-hydrogen) atoms. The van der Waals surface area contributed by atoms with Crippen molar-refractivity contribution in [3.63, 3.8) is 0 Å². The highest BCUT2D eigenvalue weighted by Crippen LogP contribution is 2.19. The van der Waals surface area contributed by atoms with Crippen molar-refractivity contribution in [1.82, 2.24) is 15.2 Å². The molecule has 1 amide bonds. The summed E-state index contributed by atoms with van der Waals surface area (Å²) < 4.78 is 1.10. The Bertz CT molecular complexity index is 643. The highest BCUT2D eigenvalue weighted by atomic mass is 32.1. The van der Waals surface area contributed by atoms with Crippen molar-refractivity contribution in [2.75, 3.05) is 32.8 Å². The van der Waals surface area contributed by atoms with E-state index in [1.807, 2.05) is 18.2 Å². The van der Waals surface area contributed by atoms with E-state index in [0.29, 0.717) is 18.0 Å². The molecule has 1 aliphatic rings. The molecule has 0 radical (unpaired) electrons. The van der Waals surface area contributed by atoms with E-state index in [1.165, 1.54) is 0 Å². The number of piperidine rings is 1. The van der Waals surface area contributed by atoms with Crippen molar-refractivity contribution in [3.05, 3.63) is 29.3 Å². The van der Waals surface area contributed by atoms with E-state index in [-0.39, 0.29) is 12.5 Å². The maximum atomic E-state index is 12.2. The Morgan fingerprint density at radius 1 is 1.50 bits per heavy atom. The summed E-state index contributed by atoms with van der Waals surface area (Å²) in [7, 11) is 0. The van der Waals surface area contributed by atoms with Gasteiger partial charge in [0, 0.05) is 31.8 Å². The lowest BCUT2D eigenvalue weighted by molar-refractivity contribution is 0.0931. The van der Waals surface area contributed by atoms with Crippen molar-refractivity contribution in [2.45, 2.75) is 12.8 Å². The van der Waals surface area contributed by atoms with Crippen LogP contribution >= 0.6 is 11.3 Å². The molecule has 1 aromatic carbocycles.